The number of nitrogens with zero attached hydrogens (tertiary/aromatic N) is 1. The first-order valence-corrected chi connectivity index (χ1v) is 7.46. The first kappa shape index (κ1) is 14.5. The lowest BCUT2D eigenvalue weighted by atomic mass is 9.84. The fourth-order valence-electron chi connectivity index (χ4n) is 3.44. The average molecular weight is 260 g/mol. The van der Waals surface area contributed by atoms with Gasteiger partial charge in [0.25, 0.3) is 0 Å². The molecule has 1 aromatic carbocycles. The van der Waals surface area contributed by atoms with E-state index in [1.165, 1.54) is 42.6 Å². The van der Waals surface area contributed by atoms with Crippen molar-refractivity contribution < 1.29 is 0 Å². The Morgan fingerprint density at radius 3 is 2.37 bits per heavy atom. The summed E-state index contributed by atoms with van der Waals surface area (Å²) in [6.07, 6.45) is 2.68. The molecule has 2 nitrogen and oxygen atoms in total. The van der Waals surface area contributed by atoms with Gasteiger partial charge in [-0.25, -0.2) is 0 Å². The van der Waals surface area contributed by atoms with E-state index in [1.807, 2.05) is 0 Å². The van der Waals surface area contributed by atoms with Gasteiger partial charge in [0.05, 0.1) is 6.04 Å². The lowest BCUT2D eigenvalue weighted by Gasteiger charge is -2.43. The number of benzene rings is 1. The van der Waals surface area contributed by atoms with Crippen LogP contribution in [0, 0.1) is 13.8 Å². The molecule has 0 aliphatic carbocycles. The van der Waals surface area contributed by atoms with Crippen LogP contribution in [0.5, 0.6) is 0 Å². The smallest absolute Gasteiger partial charge is 0.0502 e. The highest BCUT2D eigenvalue weighted by Crippen LogP contribution is 2.35. The minimum absolute atomic E-state index is 0.157. The van der Waals surface area contributed by atoms with E-state index in [0.29, 0.717) is 6.04 Å². The predicted molar refractivity (Wildman–Crippen MR) is 82.6 cm³/mol. The summed E-state index contributed by atoms with van der Waals surface area (Å²) in [7, 11) is 2.09. The van der Waals surface area contributed by atoms with Crippen molar-refractivity contribution in [2.45, 2.75) is 52.1 Å². The molecule has 0 radical (unpaired) electrons. The number of hydrogen-bond donors (Lipinski definition) is 1. The van der Waals surface area contributed by atoms with Crippen molar-refractivity contribution in [2.24, 2.45) is 0 Å². The van der Waals surface area contributed by atoms with Crippen molar-refractivity contribution in [3.63, 3.8) is 0 Å². The minimum Gasteiger partial charge on any atom is -0.311 e. The maximum absolute atomic E-state index is 3.56. The summed E-state index contributed by atoms with van der Waals surface area (Å²) >= 11 is 0. The van der Waals surface area contributed by atoms with Gasteiger partial charge in [0.2, 0.25) is 0 Å². The van der Waals surface area contributed by atoms with Gasteiger partial charge in [0.15, 0.2) is 0 Å². The molecule has 1 fully saturated rings. The highest BCUT2D eigenvalue weighted by Gasteiger charge is 2.37. The Morgan fingerprint density at radius 2 is 1.79 bits per heavy atom. The van der Waals surface area contributed by atoms with Gasteiger partial charge in [0, 0.05) is 5.54 Å². The van der Waals surface area contributed by atoms with Gasteiger partial charge in [-0.05, 0) is 71.8 Å². The molecule has 1 unspecified atom stereocenters. The Kier molecular flexibility index (Phi) is 4.32. The van der Waals surface area contributed by atoms with Gasteiger partial charge in [-0.2, -0.15) is 0 Å². The lowest BCUT2D eigenvalue weighted by Crippen LogP contribution is -2.51. The van der Waals surface area contributed by atoms with Gasteiger partial charge < -0.3 is 5.32 Å². The number of nitrogens with one attached hydrogen (secondary N) is 1. The topological polar surface area (TPSA) is 15.3 Å². The number of rotatable bonds is 4. The van der Waals surface area contributed by atoms with E-state index in [-0.39, 0.29) is 5.54 Å². The van der Waals surface area contributed by atoms with E-state index in [9.17, 15) is 0 Å². The molecule has 0 aromatic heterocycles. The van der Waals surface area contributed by atoms with Crippen LogP contribution in [-0.2, 0) is 0 Å². The second-order valence-electron chi connectivity index (χ2n) is 6.43. The number of hydrogen-bond acceptors (Lipinski definition) is 2. The van der Waals surface area contributed by atoms with Crippen molar-refractivity contribution in [3.05, 3.63) is 34.9 Å². The summed E-state index contributed by atoms with van der Waals surface area (Å²) in [5, 5.41) is 3.56. The Balaban J connectivity index is 2.35. The van der Waals surface area contributed by atoms with Gasteiger partial charge in [-0.15, -0.1) is 0 Å². The monoisotopic (exact) mass is 260 g/mol. The summed E-state index contributed by atoms with van der Waals surface area (Å²) in [4.78, 5) is 2.63. The Bertz CT molecular complexity index is 431. The minimum atomic E-state index is 0.157. The van der Waals surface area contributed by atoms with E-state index >= 15 is 0 Å². The fraction of sp³-hybridized carbons (Fsp3) is 0.647. The SMILES string of the molecule is CNC(c1cc(C)ccc1C)C(C)(C)N1CCCC1. The summed E-state index contributed by atoms with van der Waals surface area (Å²) in [5.74, 6) is 0. The molecule has 2 heteroatoms. The Hall–Kier alpha value is -0.860. The highest BCUT2D eigenvalue weighted by molar-refractivity contribution is 5.35. The molecule has 1 heterocycles. The van der Waals surface area contributed by atoms with Crippen LogP contribution in [-0.4, -0.2) is 30.6 Å². The quantitative estimate of drug-likeness (QED) is 0.892. The maximum Gasteiger partial charge on any atom is 0.0502 e. The molecule has 1 atom stereocenters. The number of aryl methyl sites for hydroxylation is 2. The first-order valence-electron chi connectivity index (χ1n) is 7.46. The van der Waals surface area contributed by atoms with Gasteiger partial charge in [0.1, 0.15) is 0 Å². The van der Waals surface area contributed by atoms with E-state index < -0.39 is 0 Å². The molecule has 106 valence electrons. The van der Waals surface area contributed by atoms with Crippen molar-refractivity contribution in [1.82, 2.24) is 10.2 Å². The van der Waals surface area contributed by atoms with Crippen LogP contribution >= 0.6 is 0 Å². The van der Waals surface area contributed by atoms with Crippen molar-refractivity contribution in [3.8, 4) is 0 Å². The zero-order valence-corrected chi connectivity index (χ0v) is 13.1. The molecule has 0 saturated carbocycles. The predicted octanol–water partition coefficient (Wildman–Crippen LogP) is 3.44. The number of likely N-dealkylation sites (N-methyl/N-ethyl adjacent to an activating group) is 1. The van der Waals surface area contributed by atoms with Crippen LogP contribution < -0.4 is 5.32 Å². The Labute approximate surface area is 118 Å². The molecule has 1 saturated heterocycles. The van der Waals surface area contributed by atoms with Crippen LogP contribution in [0.1, 0.15) is 49.4 Å². The molecule has 1 aromatic rings. The molecule has 0 bridgehead atoms. The highest BCUT2D eigenvalue weighted by atomic mass is 15.2. The van der Waals surface area contributed by atoms with Crippen molar-refractivity contribution >= 4 is 0 Å². The zero-order chi connectivity index (χ0) is 14.0. The average Bonchev–Trinajstić information content (AvgIpc) is 2.88. The van der Waals surface area contributed by atoms with E-state index in [4.69, 9.17) is 0 Å². The fourth-order valence-corrected chi connectivity index (χ4v) is 3.44. The van der Waals surface area contributed by atoms with Crippen LogP contribution in [0.3, 0.4) is 0 Å². The molecule has 0 spiro atoms. The molecule has 1 N–H and O–H groups in total. The molecule has 0 amide bonds. The van der Waals surface area contributed by atoms with Crippen LogP contribution in [0.25, 0.3) is 0 Å². The normalized spacial score (nSPS) is 18.8. The van der Waals surface area contributed by atoms with E-state index in [0.717, 1.165) is 0 Å². The molecule has 2 rings (SSSR count). The van der Waals surface area contributed by atoms with Gasteiger partial charge >= 0.3 is 0 Å². The molecule has 1 aliphatic rings. The molecular weight excluding hydrogens is 232 g/mol. The van der Waals surface area contributed by atoms with Crippen molar-refractivity contribution in [2.75, 3.05) is 20.1 Å². The third kappa shape index (κ3) is 2.85. The second kappa shape index (κ2) is 5.64. The maximum atomic E-state index is 3.56. The summed E-state index contributed by atoms with van der Waals surface area (Å²) < 4.78 is 0. The summed E-state index contributed by atoms with van der Waals surface area (Å²) in [6, 6.07) is 7.17. The standard InChI is InChI=1S/C17H28N2/c1-13-8-9-14(2)15(12-13)16(18-5)17(3,4)19-10-6-7-11-19/h8-9,12,16,18H,6-7,10-11H2,1-5H3. The summed E-state index contributed by atoms with van der Waals surface area (Å²) in [5.41, 5.74) is 4.33. The van der Waals surface area contributed by atoms with Crippen LogP contribution in [0.2, 0.25) is 0 Å². The third-order valence-corrected chi connectivity index (χ3v) is 4.66. The van der Waals surface area contributed by atoms with Crippen molar-refractivity contribution in [1.29, 1.82) is 0 Å². The lowest BCUT2D eigenvalue weighted by molar-refractivity contribution is 0.110. The van der Waals surface area contributed by atoms with E-state index in [1.54, 1.807) is 0 Å². The van der Waals surface area contributed by atoms with Crippen LogP contribution in [0.4, 0.5) is 0 Å². The second-order valence-corrected chi connectivity index (χ2v) is 6.43. The largest absolute Gasteiger partial charge is 0.311 e. The third-order valence-electron chi connectivity index (χ3n) is 4.66. The zero-order valence-electron chi connectivity index (χ0n) is 13.1. The molecule has 19 heavy (non-hydrogen) atoms. The van der Waals surface area contributed by atoms with Gasteiger partial charge in [-0.1, -0.05) is 23.8 Å². The van der Waals surface area contributed by atoms with Gasteiger partial charge in [-0.3, -0.25) is 4.90 Å². The summed E-state index contributed by atoms with van der Waals surface area (Å²) in [6.45, 7) is 11.6. The molecular formula is C17H28N2. The van der Waals surface area contributed by atoms with Crippen LogP contribution in [0.15, 0.2) is 18.2 Å². The first-order chi connectivity index (χ1) is 8.96. The molecule has 1 aliphatic heterocycles. The Morgan fingerprint density at radius 1 is 1.16 bits per heavy atom. The number of likely N-dealkylation sites (tertiary alicyclic amines) is 1. The van der Waals surface area contributed by atoms with E-state index in [2.05, 4.69) is 63.2 Å².